The highest BCUT2D eigenvalue weighted by atomic mass is 32.2. The third-order valence-electron chi connectivity index (χ3n) is 4.64. The highest BCUT2D eigenvalue weighted by Crippen LogP contribution is 2.22. The molecule has 8 nitrogen and oxygen atoms in total. The van der Waals surface area contributed by atoms with Gasteiger partial charge >= 0.3 is 0 Å². The molecule has 0 bridgehead atoms. The number of hydrogen-bond donors (Lipinski definition) is 0. The fourth-order valence-corrected chi connectivity index (χ4v) is 4.28. The standard InChI is InChI=1S/C20H21N5O3S/c1-3-11-25-18-9-6-15(13-17(18)22-24-25)20-21-19(28-23-20)10-12-29(26,27)16-7-4-14(2)5-8-16/h4-9,13H,3,10-12H2,1-2H3. The Labute approximate surface area is 168 Å². The second kappa shape index (κ2) is 7.75. The van der Waals surface area contributed by atoms with E-state index in [4.69, 9.17) is 4.52 Å². The first-order valence-electron chi connectivity index (χ1n) is 9.42. The van der Waals surface area contributed by atoms with Crippen molar-refractivity contribution in [2.45, 2.75) is 38.1 Å². The molecule has 2 heterocycles. The molecule has 2 aromatic carbocycles. The highest BCUT2D eigenvalue weighted by Gasteiger charge is 2.17. The molecule has 4 aromatic rings. The number of fused-ring (bicyclic) bond motifs is 1. The summed E-state index contributed by atoms with van der Waals surface area (Å²) in [6.45, 7) is 4.80. The van der Waals surface area contributed by atoms with Gasteiger partial charge in [-0.15, -0.1) is 5.10 Å². The largest absolute Gasteiger partial charge is 0.339 e. The summed E-state index contributed by atoms with van der Waals surface area (Å²) >= 11 is 0. The van der Waals surface area contributed by atoms with Crippen LogP contribution in [-0.2, 0) is 22.8 Å². The van der Waals surface area contributed by atoms with Crippen LogP contribution in [0.2, 0.25) is 0 Å². The number of nitrogens with zero attached hydrogens (tertiary/aromatic N) is 5. The third-order valence-corrected chi connectivity index (χ3v) is 6.37. The van der Waals surface area contributed by atoms with E-state index < -0.39 is 9.84 Å². The van der Waals surface area contributed by atoms with Gasteiger partial charge in [0.15, 0.2) is 9.84 Å². The summed E-state index contributed by atoms with van der Waals surface area (Å²) in [4.78, 5) is 4.64. The van der Waals surface area contributed by atoms with Crippen LogP contribution in [0.25, 0.3) is 22.4 Å². The van der Waals surface area contributed by atoms with Crippen LogP contribution in [0.1, 0.15) is 24.8 Å². The Bertz CT molecular complexity index is 1240. The topological polar surface area (TPSA) is 104 Å². The average molecular weight is 411 g/mol. The van der Waals surface area contributed by atoms with E-state index in [1.54, 1.807) is 24.3 Å². The molecule has 0 atom stereocenters. The predicted octanol–water partition coefficient (Wildman–Crippen LogP) is 3.22. The van der Waals surface area contributed by atoms with Gasteiger partial charge in [-0.2, -0.15) is 4.98 Å². The Morgan fingerprint density at radius 2 is 1.90 bits per heavy atom. The quantitative estimate of drug-likeness (QED) is 0.460. The van der Waals surface area contributed by atoms with Gasteiger partial charge < -0.3 is 4.52 Å². The SMILES string of the molecule is CCCn1nnc2cc(-c3noc(CCS(=O)(=O)c4ccc(C)cc4)n3)ccc21. The summed E-state index contributed by atoms with van der Waals surface area (Å²) in [5.74, 6) is 0.590. The van der Waals surface area contributed by atoms with Crippen molar-refractivity contribution < 1.29 is 12.9 Å². The molecule has 0 N–H and O–H groups in total. The first-order valence-corrected chi connectivity index (χ1v) is 11.1. The predicted molar refractivity (Wildman–Crippen MR) is 108 cm³/mol. The van der Waals surface area contributed by atoms with Crippen LogP contribution < -0.4 is 0 Å². The highest BCUT2D eigenvalue weighted by molar-refractivity contribution is 7.91. The Morgan fingerprint density at radius 3 is 2.66 bits per heavy atom. The van der Waals surface area contributed by atoms with Gasteiger partial charge in [0.1, 0.15) is 5.52 Å². The minimum absolute atomic E-state index is 0.0952. The van der Waals surface area contributed by atoms with E-state index in [2.05, 4.69) is 27.4 Å². The van der Waals surface area contributed by atoms with Crippen molar-refractivity contribution in [1.29, 1.82) is 0 Å². The van der Waals surface area contributed by atoms with E-state index in [-0.39, 0.29) is 18.1 Å². The lowest BCUT2D eigenvalue weighted by Crippen LogP contribution is -2.09. The van der Waals surface area contributed by atoms with E-state index in [0.717, 1.165) is 35.1 Å². The third kappa shape index (κ3) is 4.04. The lowest BCUT2D eigenvalue weighted by molar-refractivity contribution is 0.382. The van der Waals surface area contributed by atoms with Gasteiger partial charge in [-0.05, 0) is 43.7 Å². The van der Waals surface area contributed by atoms with Crippen LogP contribution in [0.4, 0.5) is 0 Å². The van der Waals surface area contributed by atoms with E-state index in [1.807, 2.05) is 29.8 Å². The van der Waals surface area contributed by atoms with Crippen LogP contribution in [0.3, 0.4) is 0 Å². The number of sulfone groups is 1. The number of benzene rings is 2. The van der Waals surface area contributed by atoms with E-state index in [9.17, 15) is 8.42 Å². The van der Waals surface area contributed by atoms with Gasteiger partial charge in [0.05, 0.1) is 16.2 Å². The molecular weight excluding hydrogens is 390 g/mol. The molecule has 0 aliphatic heterocycles. The maximum absolute atomic E-state index is 12.5. The minimum atomic E-state index is -3.41. The molecule has 0 saturated carbocycles. The van der Waals surface area contributed by atoms with Crippen LogP contribution >= 0.6 is 0 Å². The van der Waals surface area contributed by atoms with Gasteiger partial charge in [-0.1, -0.05) is 35.0 Å². The van der Waals surface area contributed by atoms with Crippen LogP contribution in [-0.4, -0.2) is 39.3 Å². The van der Waals surface area contributed by atoms with Crippen molar-refractivity contribution in [3.8, 4) is 11.4 Å². The van der Waals surface area contributed by atoms with Crippen molar-refractivity contribution in [2.24, 2.45) is 0 Å². The summed E-state index contributed by atoms with van der Waals surface area (Å²) in [6, 6.07) is 12.5. The molecule has 150 valence electrons. The Balaban J connectivity index is 1.49. The Kier molecular flexibility index (Phi) is 5.14. The van der Waals surface area contributed by atoms with Gasteiger partial charge in [0.25, 0.3) is 0 Å². The Morgan fingerprint density at radius 1 is 1.10 bits per heavy atom. The minimum Gasteiger partial charge on any atom is -0.339 e. The maximum Gasteiger partial charge on any atom is 0.227 e. The zero-order chi connectivity index (χ0) is 20.4. The first-order chi connectivity index (χ1) is 14.0. The van der Waals surface area contributed by atoms with E-state index >= 15 is 0 Å². The molecule has 0 unspecified atom stereocenters. The molecule has 0 radical (unpaired) electrons. The number of rotatable bonds is 7. The summed E-state index contributed by atoms with van der Waals surface area (Å²) in [6.07, 6.45) is 1.12. The lowest BCUT2D eigenvalue weighted by atomic mass is 10.2. The first kappa shape index (κ1) is 19.3. The summed E-state index contributed by atoms with van der Waals surface area (Å²) in [5, 5.41) is 12.3. The van der Waals surface area contributed by atoms with Crippen molar-refractivity contribution in [2.75, 3.05) is 5.75 Å². The van der Waals surface area contributed by atoms with Crippen molar-refractivity contribution >= 4 is 20.9 Å². The molecule has 0 saturated heterocycles. The smallest absolute Gasteiger partial charge is 0.227 e. The molecular formula is C20H21N5O3S. The second-order valence-electron chi connectivity index (χ2n) is 6.91. The van der Waals surface area contributed by atoms with Crippen LogP contribution in [0.5, 0.6) is 0 Å². The average Bonchev–Trinajstić information content (AvgIpc) is 3.34. The molecule has 0 fully saturated rings. The molecule has 9 heteroatoms. The van der Waals surface area contributed by atoms with Gasteiger partial charge in [-0.3, -0.25) is 0 Å². The van der Waals surface area contributed by atoms with Gasteiger partial charge in [0, 0.05) is 18.5 Å². The molecule has 0 aliphatic rings. The summed E-state index contributed by atoms with van der Waals surface area (Å²) < 4.78 is 32.1. The van der Waals surface area contributed by atoms with Crippen molar-refractivity contribution in [1.82, 2.24) is 25.1 Å². The van der Waals surface area contributed by atoms with E-state index in [0.29, 0.717) is 10.7 Å². The molecule has 29 heavy (non-hydrogen) atoms. The maximum atomic E-state index is 12.5. The molecule has 0 spiro atoms. The number of aryl methyl sites for hydroxylation is 3. The fraction of sp³-hybridized carbons (Fsp3) is 0.300. The second-order valence-corrected chi connectivity index (χ2v) is 9.02. The molecule has 0 amide bonds. The lowest BCUT2D eigenvalue weighted by Gasteiger charge is -2.03. The number of hydrogen-bond acceptors (Lipinski definition) is 7. The van der Waals surface area contributed by atoms with Gasteiger partial charge in [0.2, 0.25) is 11.7 Å². The monoisotopic (exact) mass is 411 g/mol. The fourth-order valence-electron chi connectivity index (χ4n) is 3.05. The zero-order valence-corrected chi connectivity index (χ0v) is 17.1. The van der Waals surface area contributed by atoms with E-state index in [1.165, 1.54) is 0 Å². The number of aromatic nitrogens is 5. The summed E-state index contributed by atoms with van der Waals surface area (Å²) in [5.41, 5.74) is 3.46. The molecule has 2 aromatic heterocycles. The normalized spacial score (nSPS) is 11.9. The zero-order valence-electron chi connectivity index (χ0n) is 16.2. The Hall–Kier alpha value is -3.07. The molecule has 4 rings (SSSR count). The van der Waals surface area contributed by atoms with Gasteiger partial charge in [-0.25, -0.2) is 13.1 Å². The van der Waals surface area contributed by atoms with Crippen LogP contribution in [0, 0.1) is 6.92 Å². The van der Waals surface area contributed by atoms with Crippen molar-refractivity contribution in [3.05, 3.63) is 53.9 Å². The summed E-state index contributed by atoms with van der Waals surface area (Å²) in [7, 11) is -3.41. The van der Waals surface area contributed by atoms with Crippen molar-refractivity contribution in [3.63, 3.8) is 0 Å². The van der Waals surface area contributed by atoms with Crippen LogP contribution in [0.15, 0.2) is 51.9 Å². The molecule has 0 aliphatic carbocycles.